The van der Waals surface area contributed by atoms with Crippen LogP contribution in [0, 0.1) is 0 Å². The van der Waals surface area contributed by atoms with E-state index in [0.717, 1.165) is 0 Å². The molecule has 0 aliphatic carbocycles. The first-order valence-corrected chi connectivity index (χ1v) is 5.20. The topological polar surface area (TPSA) is 92.9 Å². The molecule has 0 bridgehead atoms. The quantitative estimate of drug-likeness (QED) is 0.680. The smallest absolute Gasteiger partial charge is 0.411 e. The molecule has 0 radical (unpaired) electrons. The van der Waals surface area contributed by atoms with Crippen LogP contribution in [0.15, 0.2) is 0 Å². The lowest BCUT2D eigenvalue weighted by Crippen LogP contribution is -2.49. The fourth-order valence-electron chi connectivity index (χ4n) is 1.66. The van der Waals surface area contributed by atoms with Gasteiger partial charge in [0.2, 0.25) is 0 Å². The van der Waals surface area contributed by atoms with Gasteiger partial charge in [-0.15, -0.1) is 0 Å². The summed E-state index contributed by atoms with van der Waals surface area (Å²) < 4.78 is 5.12. The lowest BCUT2D eigenvalue weighted by molar-refractivity contribution is -0.142. The minimum Gasteiger partial charge on any atom is -0.480 e. The highest BCUT2D eigenvalue weighted by Gasteiger charge is 2.41. The van der Waals surface area contributed by atoms with Crippen LogP contribution in [-0.4, -0.2) is 46.3 Å². The highest BCUT2D eigenvalue weighted by molar-refractivity contribution is 5.81. The van der Waals surface area contributed by atoms with E-state index in [-0.39, 0.29) is 0 Å². The number of nitrogens with zero attached hydrogens (tertiary/aromatic N) is 1. The van der Waals surface area contributed by atoms with Crippen LogP contribution in [0.3, 0.4) is 0 Å². The number of hydrogen-bond acceptors (Lipinski definition) is 4. The van der Waals surface area contributed by atoms with Crippen LogP contribution in [0.25, 0.3) is 0 Å². The summed E-state index contributed by atoms with van der Waals surface area (Å²) in [6.45, 7) is 5.52. The number of carboxylic acids is 1. The molecule has 0 aromatic carbocycles. The molecule has 1 amide bonds. The van der Waals surface area contributed by atoms with Gasteiger partial charge < -0.3 is 15.6 Å². The van der Waals surface area contributed by atoms with Gasteiger partial charge in [-0.25, -0.2) is 9.59 Å². The van der Waals surface area contributed by atoms with Crippen molar-refractivity contribution in [1.29, 1.82) is 0 Å². The summed E-state index contributed by atoms with van der Waals surface area (Å²) in [5.41, 5.74) is 5.01. The van der Waals surface area contributed by atoms with E-state index < -0.39 is 29.7 Å². The Morgan fingerprint density at radius 2 is 2.00 bits per heavy atom. The number of nitrogens with two attached hydrogens (primary N) is 1. The predicted molar refractivity (Wildman–Crippen MR) is 57.0 cm³/mol. The number of ether oxygens (including phenoxy) is 1. The van der Waals surface area contributed by atoms with Crippen LogP contribution in [0.4, 0.5) is 4.79 Å². The van der Waals surface area contributed by atoms with Crippen LogP contribution < -0.4 is 5.73 Å². The van der Waals surface area contributed by atoms with Gasteiger partial charge >= 0.3 is 12.1 Å². The molecule has 1 saturated heterocycles. The van der Waals surface area contributed by atoms with Gasteiger partial charge in [0.1, 0.15) is 11.6 Å². The third-order valence-corrected chi connectivity index (χ3v) is 2.33. The number of aliphatic carboxylic acids is 1. The SMILES string of the molecule is CC(C)(C)OC(=O)N1CC[C@H](N)[C@H]1C(=O)O. The van der Waals surface area contributed by atoms with Crippen molar-refractivity contribution in [3.05, 3.63) is 0 Å². The van der Waals surface area contributed by atoms with Crippen LogP contribution >= 0.6 is 0 Å². The van der Waals surface area contributed by atoms with E-state index >= 15 is 0 Å². The molecule has 0 spiro atoms. The molecule has 1 fully saturated rings. The minimum atomic E-state index is -1.09. The first-order valence-electron chi connectivity index (χ1n) is 5.20. The summed E-state index contributed by atoms with van der Waals surface area (Å²) >= 11 is 0. The lowest BCUT2D eigenvalue weighted by atomic mass is 10.1. The first kappa shape index (κ1) is 12.8. The average Bonchev–Trinajstić information content (AvgIpc) is 2.43. The number of carboxylic acid groups (broad SMARTS) is 1. The first-order chi connectivity index (χ1) is 7.22. The molecular weight excluding hydrogens is 212 g/mol. The van der Waals surface area contributed by atoms with Gasteiger partial charge in [-0.3, -0.25) is 4.90 Å². The summed E-state index contributed by atoms with van der Waals surface area (Å²) in [6, 6.07) is -1.50. The minimum absolute atomic E-state index is 0.326. The molecule has 2 atom stereocenters. The Morgan fingerprint density at radius 1 is 1.44 bits per heavy atom. The number of carbonyl (C=O) groups excluding carboxylic acids is 1. The molecule has 1 rings (SSSR count). The largest absolute Gasteiger partial charge is 0.480 e. The van der Waals surface area contributed by atoms with E-state index in [1.165, 1.54) is 4.90 Å². The fraction of sp³-hybridized carbons (Fsp3) is 0.800. The molecule has 0 unspecified atom stereocenters. The zero-order valence-electron chi connectivity index (χ0n) is 9.77. The number of rotatable bonds is 1. The zero-order valence-corrected chi connectivity index (χ0v) is 9.77. The van der Waals surface area contributed by atoms with Crippen molar-refractivity contribution in [2.45, 2.75) is 44.9 Å². The number of amides is 1. The third kappa shape index (κ3) is 2.85. The molecule has 1 aliphatic rings. The lowest BCUT2D eigenvalue weighted by Gasteiger charge is -2.27. The molecule has 16 heavy (non-hydrogen) atoms. The maximum Gasteiger partial charge on any atom is 0.411 e. The van der Waals surface area contributed by atoms with Crippen molar-refractivity contribution in [1.82, 2.24) is 4.90 Å². The standard InChI is InChI=1S/C10H18N2O4/c1-10(2,3)16-9(15)12-5-4-6(11)7(12)8(13)14/h6-7H,4-5,11H2,1-3H3,(H,13,14)/t6-,7-/m0/s1. The Kier molecular flexibility index (Phi) is 3.42. The maximum atomic E-state index is 11.7. The molecule has 6 heteroatoms. The Balaban J connectivity index is 2.73. The second kappa shape index (κ2) is 4.29. The highest BCUT2D eigenvalue weighted by atomic mass is 16.6. The van der Waals surface area contributed by atoms with E-state index in [2.05, 4.69) is 0 Å². The summed E-state index contributed by atoms with van der Waals surface area (Å²) in [5.74, 6) is -1.09. The molecular formula is C10H18N2O4. The summed E-state index contributed by atoms with van der Waals surface area (Å²) in [4.78, 5) is 23.8. The summed E-state index contributed by atoms with van der Waals surface area (Å²) in [5, 5.41) is 8.97. The Hall–Kier alpha value is -1.30. The fourth-order valence-corrected chi connectivity index (χ4v) is 1.66. The Labute approximate surface area is 94.3 Å². The second-order valence-electron chi connectivity index (χ2n) is 4.91. The van der Waals surface area contributed by atoms with E-state index in [4.69, 9.17) is 15.6 Å². The van der Waals surface area contributed by atoms with Gasteiger partial charge in [0.25, 0.3) is 0 Å². The van der Waals surface area contributed by atoms with Crippen LogP contribution in [0.1, 0.15) is 27.2 Å². The predicted octanol–water partition coefficient (Wildman–Crippen LogP) is 0.408. The number of likely N-dealkylation sites (tertiary alicyclic amines) is 1. The number of hydrogen-bond donors (Lipinski definition) is 2. The van der Waals surface area contributed by atoms with Crippen molar-refractivity contribution in [2.24, 2.45) is 5.73 Å². The van der Waals surface area contributed by atoms with Crippen LogP contribution in [-0.2, 0) is 9.53 Å². The second-order valence-corrected chi connectivity index (χ2v) is 4.91. The molecule has 0 aromatic heterocycles. The van der Waals surface area contributed by atoms with E-state index in [0.29, 0.717) is 13.0 Å². The normalized spacial score (nSPS) is 25.6. The monoisotopic (exact) mass is 230 g/mol. The summed E-state index contributed by atoms with van der Waals surface area (Å²) in [7, 11) is 0. The van der Waals surface area contributed by atoms with Crippen molar-refractivity contribution in [3.63, 3.8) is 0 Å². The van der Waals surface area contributed by atoms with E-state index in [1.54, 1.807) is 20.8 Å². The van der Waals surface area contributed by atoms with Crippen LogP contribution in [0.5, 0.6) is 0 Å². The van der Waals surface area contributed by atoms with Gasteiger partial charge in [0, 0.05) is 12.6 Å². The van der Waals surface area contributed by atoms with Crippen LogP contribution in [0.2, 0.25) is 0 Å². The van der Waals surface area contributed by atoms with Crippen molar-refractivity contribution < 1.29 is 19.4 Å². The van der Waals surface area contributed by atoms with Gasteiger partial charge in [-0.1, -0.05) is 0 Å². The average molecular weight is 230 g/mol. The maximum absolute atomic E-state index is 11.7. The van der Waals surface area contributed by atoms with Gasteiger partial charge in [-0.2, -0.15) is 0 Å². The van der Waals surface area contributed by atoms with Gasteiger partial charge in [0.15, 0.2) is 0 Å². The summed E-state index contributed by atoms with van der Waals surface area (Å²) in [6.07, 6.45) is -0.135. The molecule has 1 aliphatic heterocycles. The third-order valence-electron chi connectivity index (χ3n) is 2.33. The van der Waals surface area contributed by atoms with E-state index in [9.17, 15) is 9.59 Å². The van der Waals surface area contributed by atoms with Crippen molar-refractivity contribution >= 4 is 12.1 Å². The van der Waals surface area contributed by atoms with Crippen molar-refractivity contribution in [3.8, 4) is 0 Å². The molecule has 6 nitrogen and oxygen atoms in total. The van der Waals surface area contributed by atoms with E-state index in [1.807, 2.05) is 0 Å². The molecule has 0 aromatic rings. The number of carbonyl (C=O) groups is 2. The Bertz CT molecular complexity index is 298. The molecule has 3 N–H and O–H groups in total. The van der Waals surface area contributed by atoms with Crippen molar-refractivity contribution in [2.75, 3.05) is 6.54 Å². The zero-order chi connectivity index (χ0) is 12.5. The molecule has 0 saturated carbocycles. The molecule has 1 heterocycles. The van der Waals surface area contributed by atoms with Gasteiger partial charge in [0.05, 0.1) is 0 Å². The molecule has 92 valence electrons. The highest BCUT2D eigenvalue weighted by Crippen LogP contribution is 2.20. The van der Waals surface area contributed by atoms with Gasteiger partial charge in [-0.05, 0) is 27.2 Å². The Morgan fingerprint density at radius 3 is 2.44 bits per heavy atom.